The first-order valence-electron chi connectivity index (χ1n) is 8.00. The minimum absolute atomic E-state index is 0.0585. The second kappa shape index (κ2) is 6.34. The van der Waals surface area contributed by atoms with E-state index in [0.717, 1.165) is 25.7 Å². The van der Waals surface area contributed by atoms with Gasteiger partial charge in [-0.15, -0.1) is 0 Å². The molecule has 1 saturated heterocycles. The second-order valence-electron chi connectivity index (χ2n) is 6.58. The van der Waals surface area contributed by atoms with E-state index < -0.39 is 17.4 Å². The average Bonchev–Trinajstić information content (AvgIpc) is 2.82. The van der Waals surface area contributed by atoms with E-state index in [9.17, 15) is 14.7 Å². The molecule has 0 radical (unpaired) electrons. The van der Waals surface area contributed by atoms with Crippen molar-refractivity contribution < 1.29 is 24.2 Å². The van der Waals surface area contributed by atoms with E-state index in [1.807, 2.05) is 0 Å². The third-order valence-corrected chi connectivity index (χ3v) is 4.94. The van der Waals surface area contributed by atoms with Crippen molar-refractivity contribution in [3.63, 3.8) is 0 Å². The summed E-state index contributed by atoms with van der Waals surface area (Å²) < 4.78 is 11.1. The van der Waals surface area contributed by atoms with E-state index in [-0.39, 0.29) is 24.7 Å². The molecular formula is C16H26O5. The van der Waals surface area contributed by atoms with Crippen LogP contribution in [0.4, 0.5) is 0 Å². The van der Waals surface area contributed by atoms with Crippen LogP contribution < -0.4 is 0 Å². The number of rotatable bonds is 5. The first-order valence-corrected chi connectivity index (χ1v) is 8.00. The van der Waals surface area contributed by atoms with E-state index in [1.165, 1.54) is 26.2 Å². The largest absolute Gasteiger partial charge is 0.480 e. The number of carboxylic acids is 1. The Morgan fingerprint density at radius 1 is 1.29 bits per heavy atom. The highest BCUT2D eigenvalue weighted by molar-refractivity contribution is 5.98. The standard InChI is InChI=1S/C16H26O5/c1-3-20-14(19)15(2,13(17)18)11-12-7-10-16(21-12)8-5-4-6-9-16/h12H,3-11H2,1-2H3,(H,17,18). The molecule has 5 heteroatoms. The predicted octanol–water partition coefficient (Wildman–Crippen LogP) is 2.91. The maximum absolute atomic E-state index is 12.0. The third-order valence-electron chi connectivity index (χ3n) is 4.94. The Morgan fingerprint density at radius 2 is 1.95 bits per heavy atom. The molecule has 21 heavy (non-hydrogen) atoms. The van der Waals surface area contributed by atoms with Crippen molar-refractivity contribution in [2.24, 2.45) is 5.41 Å². The maximum atomic E-state index is 12.0. The van der Waals surface area contributed by atoms with Gasteiger partial charge in [0, 0.05) is 6.42 Å². The molecule has 120 valence electrons. The minimum Gasteiger partial charge on any atom is -0.480 e. The number of carbonyl (C=O) groups excluding carboxylic acids is 1. The summed E-state index contributed by atoms with van der Waals surface area (Å²) in [4.78, 5) is 23.5. The number of esters is 1. The fourth-order valence-electron chi connectivity index (χ4n) is 3.61. The van der Waals surface area contributed by atoms with E-state index in [4.69, 9.17) is 9.47 Å². The number of carboxylic acid groups (broad SMARTS) is 1. The van der Waals surface area contributed by atoms with Gasteiger partial charge in [0.2, 0.25) is 0 Å². The van der Waals surface area contributed by atoms with Crippen molar-refractivity contribution in [2.75, 3.05) is 6.61 Å². The average molecular weight is 298 g/mol. The van der Waals surface area contributed by atoms with Gasteiger partial charge >= 0.3 is 11.9 Å². The van der Waals surface area contributed by atoms with Gasteiger partial charge in [-0.1, -0.05) is 19.3 Å². The third kappa shape index (κ3) is 3.39. The molecule has 0 aromatic rings. The first-order chi connectivity index (χ1) is 9.92. The summed E-state index contributed by atoms with van der Waals surface area (Å²) >= 11 is 0. The Balaban J connectivity index is 2.02. The minimum atomic E-state index is -1.51. The molecule has 2 fully saturated rings. The van der Waals surface area contributed by atoms with Crippen LogP contribution in [0, 0.1) is 5.41 Å². The van der Waals surface area contributed by atoms with Crippen molar-refractivity contribution in [1.29, 1.82) is 0 Å². The summed E-state index contributed by atoms with van der Waals surface area (Å²) in [6, 6.07) is 0. The van der Waals surface area contributed by atoms with Gasteiger partial charge in [0.25, 0.3) is 0 Å². The Labute approximate surface area is 126 Å². The second-order valence-corrected chi connectivity index (χ2v) is 6.58. The van der Waals surface area contributed by atoms with Gasteiger partial charge in [0.15, 0.2) is 5.41 Å². The smallest absolute Gasteiger partial charge is 0.323 e. The van der Waals surface area contributed by atoms with Crippen LogP contribution in [0.1, 0.15) is 65.2 Å². The van der Waals surface area contributed by atoms with Crippen LogP contribution in [-0.4, -0.2) is 35.4 Å². The quantitative estimate of drug-likeness (QED) is 0.624. The Hall–Kier alpha value is -1.10. The van der Waals surface area contributed by atoms with E-state index >= 15 is 0 Å². The zero-order valence-electron chi connectivity index (χ0n) is 13.0. The predicted molar refractivity (Wildman–Crippen MR) is 76.9 cm³/mol. The highest BCUT2D eigenvalue weighted by Crippen LogP contribution is 2.44. The molecule has 0 bridgehead atoms. The molecule has 1 N–H and O–H groups in total. The van der Waals surface area contributed by atoms with Gasteiger partial charge in [-0.25, -0.2) is 0 Å². The molecule has 5 nitrogen and oxygen atoms in total. The van der Waals surface area contributed by atoms with Crippen molar-refractivity contribution in [2.45, 2.75) is 76.9 Å². The van der Waals surface area contributed by atoms with Crippen molar-refractivity contribution in [3.8, 4) is 0 Å². The highest BCUT2D eigenvalue weighted by Gasteiger charge is 2.49. The van der Waals surface area contributed by atoms with Crippen LogP contribution in [0.2, 0.25) is 0 Å². The molecule has 1 heterocycles. The number of hydrogen-bond acceptors (Lipinski definition) is 4. The molecule has 1 spiro atoms. The monoisotopic (exact) mass is 298 g/mol. The molecule has 0 aromatic heterocycles. The summed E-state index contributed by atoms with van der Waals surface area (Å²) in [6.07, 6.45) is 7.60. The fraction of sp³-hybridized carbons (Fsp3) is 0.875. The van der Waals surface area contributed by atoms with Crippen LogP contribution in [0.25, 0.3) is 0 Å². The molecule has 0 amide bonds. The van der Waals surface area contributed by atoms with Crippen molar-refractivity contribution >= 4 is 11.9 Å². The summed E-state index contributed by atoms with van der Waals surface area (Å²) in [7, 11) is 0. The highest BCUT2D eigenvalue weighted by atomic mass is 16.5. The van der Waals surface area contributed by atoms with Crippen molar-refractivity contribution in [1.82, 2.24) is 0 Å². The Morgan fingerprint density at radius 3 is 2.52 bits per heavy atom. The molecule has 0 aromatic carbocycles. The molecule has 1 aliphatic carbocycles. The maximum Gasteiger partial charge on any atom is 0.323 e. The number of hydrogen-bond donors (Lipinski definition) is 1. The lowest BCUT2D eigenvalue weighted by Crippen LogP contribution is -2.41. The van der Waals surface area contributed by atoms with E-state index in [0.29, 0.717) is 0 Å². The van der Waals surface area contributed by atoms with Gasteiger partial charge < -0.3 is 14.6 Å². The lowest BCUT2D eigenvalue weighted by atomic mass is 9.82. The zero-order chi connectivity index (χ0) is 15.5. The molecule has 2 unspecified atom stereocenters. The summed E-state index contributed by atoms with van der Waals surface area (Å²) in [6.45, 7) is 3.32. The topological polar surface area (TPSA) is 72.8 Å². The van der Waals surface area contributed by atoms with Gasteiger partial charge in [-0.3, -0.25) is 9.59 Å². The van der Waals surface area contributed by atoms with Crippen LogP contribution in [0.15, 0.2) is 0 Å². The van der Waals surface area contributed by atoms with Gasteiger partial charge in [-0.2, -0.15) is 0 Å². The number of carbonyl (C=O) groups is 2. The van der Waals surface area contributed by atoms with Crippen LogP contribution in [-0.2, 0) is 19.1 Å². The molecule has 2 rings (SSSR count). The Bertz CT molecular complexity index is 399. The molecule has 1 saturated carbocycles. The van der Waals surface area contributed by atoms with Gasteiger partial charge in [0.1, 0.15) is 0 Å². The summed E-state index contributed by atoms with van der Waals surface area (Å²) in [5.41, 5.74) is -1.57. The van der Waals surface area contributed by atoms with Gasteiger partial charge in [0.05, 0.1) is 18.3 Å². The van der Waals surface area contributed by atoms with E-state index in [1.54, 1.807) is 6.92 Å². The lowest BCUT2D eigenvalue weighted by molar-refractivity contribution is -0.171. The lowest BCUT2D eigenvalue weighted by Gasteiger charge is -2.34. The fourth-order valence-corrected chi connectivity index (χ4v) is 3.61. The van der Waals surface area contributed by atoms with Gasteiger partial charge in [-0.05, 0) is 39.5 Å². The summed E-state index contributed by atoms with van der Waals surface area (Å²) in [5, 5.41) is 9.44. The number of aliphatic carboxylic acids is 1. The molecular weight excluding hydrogens is 272 g/mol. The molecule has 1 aliphatic heterocycles. The zero-order valence-corrected chi connectivity index (χ0v) is 13.0. The van der Waals surface area contributed by atoms with E-state index in [2.05, 4.69) is 0 Å². The first kappa shape index (κ1) is 16.3. The SMILES string of the molecule is CCOC(=O)C(C)(CC1CCC2(CCCCC2)O1)C(=O)O. The molecule has 2 aliphatic rings. The molecule has 2 atom stereocenters. The summed E-state index contributed by atoms with van der Waals surface area (Å²) in [5.74, 6) is -1.79. The van der Waals surface area contributed by atoms with Crippen LogP contribution >= 0.6 is 0 Å². The normalized spacial score (nSPS) is 27.2. The van der Waals surface area contributed by atoms with Crippen LogP contribution in [0.3, 0.4) is 0 Å². The number of ether oxygens (including phenoxy) is 2. The van der Waals surface area contributed by atoms with Crippen LogP contribution in [0.5, 0.6) is 0 Å². The van der Waals surface area contributed by atoms with Crippen molar-refractivity contribution in [3.05, 3.63) is 0 Å². The Kier molecular flexibility index (Phi) is 4.91.